The smallest absolute Gasteiger partial charge is 0.433 e. The quantitative estimate of drug-likeness (QED) is 0.263. The van der Waals surface area contributed by atoms with Crippen LogP contribution in [0.15, 0.2) is 94.7 Å². The second-order valence-corrected chi connectivity index (χ2v) is 9.02. The fourth-order valence-electron chi connectivity index (χ4n) is 4.20. The summed E-state index contributed by atoms with van der Waals surface area (Å²) in [5.41, 5.74) is 2.73. The van der Waals surface area contributed by atoms with E-state index >= 15 is 0 Å². The SMILES string of the molecule is O=c1n(Cc2ccc(C(F)(F)F)nc2)nc2c(-c3ccc(-c4ncco4)cc3)c(-c3ccc(Cl)cc3)cnn12. The number of rotatable bonds is 5. The van der Waals surface area contributed by atoms with E-state index in [0.717, 1.165) is 38.2 Å². The number of alkyl halides is 3. The zero-order chi connectivity index (χ0) is 27.1. The first-order chi connectivity index (χ1) is 18.8. The van der Waals surface area contributed by atoms with E-state index in [2.05, 4.69) is 20.2 Å². The normalized spacial score (nSPS) is 11.8. The molecule has 4 aromatic heterocycles. The van der Waals surface area contributed by atoms with E-state index in [-0.39, 0.29) is 12.2 Å². The van der Waals surface area contributed by atoms with Crippen LogP contribution >= 0.6 is 11.6 Å². The first kappa shape index (κ1) is 24.6. The summed E-state index contributed by atoms with van der Waals surface area (Å²) in [5.74, 6) is 0.463. The highest BCUT2D eigenvalue weighted by molar-refractivity contribution is 6.30. The van der Waals surface area contributed by atoms with E-state index in [0.29, 0.717) is 27.6 Å². The Hall–Kier alpha value is -4.77. The van der Waals surface area contributed by atoms with Crippen LogP contribution in [0.5, 0.6) is 0 Å². The molecule has 0 saturated carbocycles. The summed E-state index contributed by atoms with van der Waals surface area (Å²) >= 11 is 6.09. The predicted octanol–water partition coefficient (Wildman–Crippen LogP) is 6.00. The maximum atomic E-state index is 13.2. The van der Waals surface area contributed by atoms with Crippen molar-refractivity contribution in [2.24, 2.45) is 0 Å². The number of hydrogen-bond donors (Lipinski definition) is 0. The zero-order valence-corrected chi connectivity index (χ0v) is 20.6. The number of aromatic nitrogens is 6. The van der Waals surface area contributed by atoms with Gasteiger partial charge < -0.3 is 4.42 Å². The highest BCUT2D eigenvalue weighted by atomic mass is 35.5. The summed E-state index contributed by atoms with van der Waals surface area (Å²) < 4.78 is 46.4. The molecule has 0 atom stereocenters. The van der Waals surface area contributed by atoms with E-state index in [9.17, 15) is 18.0 Å². The lowest BCUT2D eigenvalue weighted by atomic mass is 9.96. The molecule has 0 spiro atoms. The molecule has 0 aliphatic rings. The predicted molar refractivity (Wildman–Crippen MR) is 137 cm³/mol. The number of benzene rings is 2. The molecule has 2 aromatic carbocycles. The van der Waals surface area contributed by atoms with Crippen LogP contribution in [0.25, 0.3) is 39.4 Å². The van der Waals surface area contributed by atoms with Gasteiger partial charge in [0.15, 0.2) is 5.65 Å². The molecular weight excluding hydrogens is 533 g/mol. The van der Waals surface area contributed by atoms with Crippen LogP contribution in [0.3, 0.4) is 0 Å². The van der Waals surface area contributed by atoms with Gasteiger partial charge in [-0.1, -0.05) is 41.9 Å². The summed E-state index contributed by atoms with van der Waals surface area (Å²) in [7, 11) is 0. The monoisotopic (exact) mass is 548 g/mol. The third-order valence-electron chi connectivity index (χ3n) is 6.07. The third-order valence-corrected chi connectivity index (χ3v) is 6.32. The lowest BCUT2D eigenvalue weighted by Crippen LogP contribution is -2.23. The molecule has 4 heterocycles. The van der Waals surface area contributed by atoms with Gasteiger partial charge in [0.1, 0.15) is 12.0 Å². The minimum absolute atomic E-state index is 0.0911. The van der Waals surface area contributed by atoms with Crippen LogP contribution in [0.1, 0.15) is 11.3 Å². The number of nitrogens with zero attached hydrogens (tertiary/aromatic N) is 6. The molecule has 0 aliphatic heterocycles. The van der Waals surface area contributed by atoms with Crippen molar-refractivity contribution in [3.63, 3.8) is 0 Å². The molecule has 39 heavy (non-hydrogen) atoms. The molecule has 0 radical (unpaired) electrons. The van der Waals surface area contributed by atoms with Crippen molar-refractivity contribution in [1.82, 2.24) is 29.4 Å². The Bertz CT molecular complexity index is 1830. The Balaban J connectivity index is 1.48. The number of halogens is 4. The van der Waals surface area contributed by atoms with Gasteiger partial charge in [-0.25, -0.2) is 14.5 Å². The van der Waals surface area contributed by atoms with Gasteiger partial charge in [0, 0.05) is 27.9 Å². The molecule has 12 heteroatoms. The van der Waals surface area contributed by atoms with E-state index < -0.39 is 17.6 Å². The molecular formula is C27H16ClF3N6O2. The van der Waals surface area contributed by atoms with Crippen molar-refractivity contribution in [2.75, 3.05) is 0 Å². The largest absolute Gasteiger partial charge is 0.445 e. The molecule has 6 rings (SSSR count). The minimum Gasteiger partial charge on any atom is -0.445 e. The molecule has 6 aromatic rings. The van der Waals surface area contributed by atoms with Crippen molar-refractivity contribution < 1.29 is 17.6 Å². The molecule has 0 aliphatic carbocycles. The lowest BCUT2D eigenvalue weighted by molar-refractivity contribution is -0.141. The van der Waals surface area contributed by atoms with Gasteiger partial charge in [0.25, 0.3) is 0 Å². The van der Waals surface area contributed by atoms with Gasteiger partial charge in [-0.2, -0.15) is 22.8 Å². The van der Waals surface area contributed by atoms with Crippen molar-refractivity contribution in [1.29, 1.82) is 0 Å². The van der Waals surface area contributed by atoms with Crippen molar-refractivity contribution in [3.05, 3.63) is 112 Å². The average molecular weight is 549 g/mol. The lowest BCUT2D eigenvalue weighted by Gasteiger charge is -2.11. The fourth-order valence-corrected chi connectivity index (χ4v) is 4.33. The molecule has 194 valence electrons. The highest BCUT2D eigenvalue weighted by Crippen LogP contribution is 2.35. The van der Waals surface area contributed by atoms with Gasteiger partial charge in [-0.05, 0) is 47.0 Å². The van der Waals surface area contributed by atoms with Gasteiger partial charge in [0.05, 0.1) is 18.9 Å². The molecule has 8 nitrogen and oxygen atoms in total. The zero-order valence-electron chi connectivity index (χ0n) is 19.8. The van der Waals surface area contributed by atoms with Gasteiger partial charge in [0.2, 0.25) is 5.89 Å². The molecule has 0 saturated heterocycles. The van der Waals surface area contributed by atoms with E-state index in [1.54, 1.807) is 24.5 Å². The second-order valence-electron chi connectivity index (χ2n) is 8.58. The Morgan fingerprint density at radius 1 is 0.872 bits per heavy atom. The first-order valence-electron chi connectivity index (χ1n) is 11.5. The Morgan fingerprint density at radius 2 is 1.59 bits per heavy atom. The molecule has 0 N–H and O–H groups in total. The van der Waals surface area contributed by atoms with Crippen LogP contribution in [0, 0.1) is 0 Å². The van der Waals surface area contributed by atoms with E-state index in [1.165, 1.54) is 12.3 Å². The number of fused-ring (bicyclic) bond motifs is 1. The first-order valence-corrected chi connectivity index (χ1v) is 11.9. The Morgan fingerprint density at radius 3 is 2.23 bits per heavy atom. The van der Waals surface area contributed by atoms with E-state index in [1.807, 2.05) is 36.4 Å². The Labute approximate surface area is 223 Å². The van der Waals surface area contributed by atoms with Crippen LogP contribution in [-0.4, -0.2) is 29.4 Å². The molecule has 0 bridgehead atoms. The van der Waals surface area contributed by atoms with Crippen molar-refractivity contribution in [3.8, 4) is 33.7 Å². The fraction of sp³-hybridized carbons (Fsp3) is 0.0741. The topological polar surface area (TPSA) is 91.1 Å². The molecule has 0 amide bonds. The number of oxazole rings is 1. The van der Waals surface area contributed by atoms with Crippen molar-refractivity contribution >= 4 is 17.2 Å². The van der Waals surface area contributed by atoms with Crippen LogP contribution < -0.4 is 5.69 Å². The van der Waals surface area contributed by atoms with Crippen LogP contribution in [-0.2, 0) is 12.7 Å². The summed E-state index contributed by atoms with van der Waals surface area (Å²) in [6, 6.07) is 16.7. The van der Waals surface area contributed by atoms with Gasteiger partial charge in [-0.15, -0.1) is 5.10 Å². The Kier molecular flexibility index (Phi) is 5.99. The van der Waals surface area contributed by atoms with Crippen LogP contribution in [0.2, 0.25) is 5.02 Å². The van der Waals surface area contributed by atoms with Gasteiger partial charge >= 0.3 is 11.9 Å². The maximum absolute atomic E-state index is 13.2. The number of pyridine rings is 1. The highest BCUT2D eigenvalue weighted by Gasteiger charge is 2.32. The summed E-state index contributed by atoms with van der Waals surface area (Å²) in [6.07, 6.45) is 1.13. The standard InChI is InChI=1S/C27H16ClF3N6O2/c28-20-8-6-17(7-9-20)21-14-34-37-24(23(21)18-2-4-19(5-3-18)25-32-11-12-39-25)35-36(26(37)38)15-16-1-10-22(33-13-16)27(29,30)31/h1-14H,15H2. The van der Waals surface area contributed by atoms with E-state index in [4.69, 9.17) is 16.0 Å². The van der Waals surface area contributed by atoms with Crippen LogP contribution in [0.4, 0.5) is 13.2 Å². The second kappa shape index (κ2) is 9.52. The van der Waals surface area contributed by atoms with Gasteiger partial charge in [-0.3, -0.25) is 4.98 Å². The summed E-state index contributed by atoms with van der Waals surface area (Å²) in [5, 5.41) is 9.42. The summed E-state index contributed by atoms with van der Waals surface area (Å²) in [6.45, 7) is -0.0911. The summed E-state index contributed by atoms with van der Waals surface area (Å²) in [4.78, 5) is 20.8. The van der Waals surface area contributed by atoms with Crippen molar-refractivity contribution in [2.45, 2.75) is 12.7 Å². The molecule has 0 unspecified atom stereocenters. The average Bonchev–Trinajstić information content (AvgIpc) is 3.58. The minimum atomic E-state index is -4.56. The maximum Gasteiger partial charge on any atom is 0.433 e. The number of hydrogen-bond acceptors (Lipinski definition) is 6. The third kappa shape index (κ3) is 4.68. The molecule has 0 fully saturated rings.